The summed E-state index contributed by atoms with van der Waals surface area (Å²) in [6, 6.07) is -1.33. The molecule has 2 saturated heterocycles. The van der Waals surface area contributed by atoms with Crippen molar-refractivity contribution in [3.63, 3.8) is 0 Å². The van der Waals surface area contributed by atoms with E-state index in [1.54, 1.807) is 20.8 Å². The van der Waals surface area contributed by atoms with Crippen LogP contribution in [0.2, 0.25) is 0 Å². The first kappa shape index (κ1) is 11.3. The fourth-order valence-electron chi connectivity index (χ4n) is 2.93. The Morgan fingerprint density at radius 3 is 2.68 bits per heavy atom. The Bertz CT molecular complexity index is 494. The van der Waals surface area contributed by atoms with E-state index in [0.717, 1.165) is 0 Å². The number of rotatable bonds is 1. The first-order chi connectivity index (χ1) is 9.61. The molecule has 1 amide bonds. The lowest BCUT2D eigenvalue weighted by Crippen LogP contribution is -2.61. The molecule has 3 atom stereocenters. The van der Waals surface area contributed by atoms with Crippen LogP contribution in [0.4, 0.5) is 4.79 Å². The molecule has 0 spiro atoms. The number of nitrogens with zero attached hydrogens (tertiary/aromatic N) is 1. The first-order valence-electron chi connectivity index (χ1n) is 7.52. The molecule has 2 heterocycles. The second-order valence-corrected chi connectivity index (χ2v) is 6.24. The Labute approximate surface area is 116 Å². The van der Waals surface area contributed by atoms with Gasteiger partial charge >= 0.3 is 12.1 Å². The van der Waals surface area contributed by atoms with Gasteiger partial charge in [0.05, 0.1) is 2.74 Å². The second-order valence-electron chi connectivity index (χ2n) is 6.24. The van der Waals surface area contributed by atoms with Crippen molar-refractivity contribution in [1.82, 2.24) is 4.90 Å². The van der Waals surface area contributed by atoms with Gasteiger partial charge in [0.15, 0.2) is 0 Å². The summed E-state index contributed by atoms with van der Waals surface area (Å²) < 4.78 is 20.3. The number of hydrogen-bond donors (Lipinski definition) is 1. The van der Waals surface area contributed by atoms with Gasteiger partial charge in [-0.3, -0.25) is 4.90 Å². The number of hydrogen-bond acceptors (Lipinski definition) is 3. The summed E-state index contributed by atoms with van der Waals surface area (Å²) in [5.74, 6) is -1.56. The Kier molecular flexibility index (Phi) is 2.71. The number of carboxylic acid groups (broad SMARTS) is 1. The van der Waals surface area contributed by atoms with E-state index in [2.05, 4.69) is 0 Å². The molecule has 2 bridgehead atoms. The zero-order valence-electron chi connectivity index (χ0n) is 13.5. The third-order valence-electron chi connectivity index (χ3n) is 3.65. The highest BCUT2D eigenvalue weighted by Crippen LogP contribution is 2.43. The van der Waals surface area contributed by atoms with Gasteiger partial charge < -0.3 is 9.84 Å². The number of ether oxygens (including phenoxy) is 1. The Hall–Kier alpha value is -1.52. The number of carboxylic acids is 1. The highest BCUT2D eigenvalue weighted by molar-refractivity contribution is 5.82. The van der Waals surface area contributed by atoms with Gasteiger partial charge in [-0.25, -0.2) is 9.59 Å². The second kappa shape index (κ2) is 4.54. The van der Waals surface area contributed by atoms with Crippen LogP contribution in [-0.2, 0) is 9.53 Å². The number of amides is 1. The maximum absolute atomic E-state index is 12.3. The van der Waals surface area contributed by atoms with E-state index >= 15 is 0 Å². The number of aliphatic carboxylic acids is 1. The first-order valence-corrected chi connectivity index (χ1v) is 6.52. The third-order valence-corrected chi connectivity index (χ3v) is 3.65. The van der Waals surface area contributed by atoms with Gasteiger partial charge in [-0.15, -0.1) is 0 Å². The van der Waals surface area contributed by atoms with E-state index in [0.29, 0.717) is 24.8 Å². The number of carbonyl (C=O) groups is 2. The Balaban J connectivity index is 2.32. The van der Waals surface area contributed by atoms with Crippen molar-refractivity contribution < 1.29 is 22.2 Å². The average Bonchev–Trinajstić information content (AvgIpc) is 2.35. The fourth-order valence-corrected chi connectivity index (χ4v) is 2.93. The quantitative estimate of drug-likeness (QED) is 0.742. The molecule has 1 N–H and O–H groups in total. The van der Waals surface area contributed by atoms with Gasteiger partial charge in [0, 0.05) is 12.0 Å². The lowest BCUT2D eigenvalue weighted by Gasteiger charge is -2.50. The molecule has 0 aromatic carbocycles. The van der Waals surface area contributed by atoms with Crippen LogP contribution >= 0.6 is 0 Å². The lowest BCUT2D eigenvalue weighted by molar-refractivity contribution is -0.149. The number of fused-ring (bicyclic) bond motifs is 3. The van der Waals surface area contributed by atoms with Crippen LogP contribution in [0.1, 0.15) is 42.8 Å². The van der Waals surface area contributed by atoms with E-state index in [1.807, 2.05) is 0 Å². The normalized spacial score (nSPS) is 31.6. The summed E-state index contributed by atoms with van der Waals surface area (Å²) in [6.45, 7) is 4.89. The maximum atomic E-state index is 12.3. The molecular weight excluding hydrogens is 246 g/mol. The number of carbonyl (C=O) groups excluding carboxylic acids is 1. The summed E-state index contributed by atoms with van der Waals surface area (Å²) >= 11 is 0. The molecule has 5 heteroatoms. The fraction of sp³-hybridized carbons (Fsp3) is 0.714. The minimum Gasteiger partial charge on any atom is -0.480 e. The van der Waals surface area contributed by atoms with Crippen molar-refractivity contribution in [2.45, 2.75) is 57.7 Å². The molecular formula is C14H21NO4. The minimum atomic E-state index is -1.10. The van der Waals surface area contributed by atoms with Crippen LogP contribution in [0.5, 0.6) is 0 Å². The zero-order chi connectivity index (χ0) is 15.9. The van der Waals surface area contributed by atoms with Crippen LogP contribution in [0, 0.1) is 5.92 Å². The van der Waals surface area contributed by atoms with Crippen LogP contribution in [-0.4, -0.2) is 39.8 Å². The van der Waals surface area contributed by atoms with E-state index in [4.69, 9.17) is 7.48 Å². The van der Waals surface area contributed by atoms with E-state index in [1.165, 1.54) is 4.90 Å². The van der Waals surface area contributed by atoms with Gasteiger partial charge in [-0.2, -0.15) is 0 Å². The summed E-state index contributed by atoms with van der Waals surface area (Å²) in [6.07, 6.45) is 1.05. The highest BCUT2D eigenvalue weighted by atomic mass is 16.6. The van der Waals surface area contributed by atoms with Crippen molar-refractivity contribution in [3.05, 3.63) is 12.1 Å². The predicted octanol–water partition coefficient (Wildman–Crippen LogP) is 2.42. The monoisotopic (exact) mass is 269 g/mol. The van der Waals surface area contributed by atoms with Crippen LogP contribution in [0.25, 0.3) is 0 Å². The smallest absolute Gasteiger partial charge is 0.411 e. The van der Waals surface area contributed by atoms with Crippen molar-refractivity contribution in [3.8, 4) is 0 Å². The van der Waals surface area contributed by atoms with E-state index in [-0.39, 0.29) is 12.6 Å². The molecule has 0 aromatic heterocycles. The molecule has 0 unspecified atom stereocenters. The maximum Gasteiger partial charge on any atom is 0.411 e. The molecule has 1 saturated carbocycles. The van der Waals surface area contributed by atoms with Crippen molar-refractivity contribution >= 4 is 12.1 Å². The van der Waals surface area contributed by atoms with Crippen molar-refractivity contribution in [2.24, 2.45) is 5.92 Å². The summed E-state index contributed by atoms with van der Waals surface area (Å²) in [5.41, 5.74) is -0.149. The molecule has 3 fully saturated rings. The largest absolute Gasteiger partial charge is 0.480 e. The predicted molar refractivity (Wildman–Crippen MR) is 69.8 cm³/mol. The molecule has 1 aliphatic carbocycles. The van der Waals surface area contributed by atoms with Gasteiger partial charge in [-0.1, -0.05) is 12.1 Å². The molecule has 2 aliphatic heterocycles. The van der Waals surface area contributed by atoms with E-state index < -0.39 is 29.6 Å². The molecule has 0 radical (unpaired) electrons. The Morgan fingerprint density at radius 1 is 1.47 bits per heavy atom. The van der Waals surface area contributed by atoms with Crippen LogP contribution < -0.4 is 0 Å². The average molecular weight is 269 g/mol. The van der Waals surface area contributed by atoms with Gasteiger partial charge in [-0.05, 0) is 40.0 Å². The molecule has 3 aliphatic rings. The van der Waals surface area contributed by atoms with E-state index in [9.17, 15) is 14.7 Å². The minimum absolute atomic E-state index is 0.299. The summed E-state index contributed by atoms with van der Waals surface area (Å²) in [5, 5.41) is 9.48. The molecule has 19 heavy (non-hydrogen) atoms. The molecule has 3 rings (SSSR count). The van der Waals surface area contributed by atoms with Crippen LogP contribution in [0.3, 0.4) is 0 Å². The standard InChI is InChI=1S/C14H21NO4/c1-8-7-9-5-6-10(8)11(12(16)17)15(9)13(18)19-14(2,3)4/h9-11H,1,5-7H2,2-4H3,(H,16,17)/t9-,10+,11+/m0/s1/i1D2. The Morgan fingerprint density at radius 2 is 2.16 bits per heavy atom. The van der Waals surface area contributed by atoms with Crippen molar-refractivity contribution in [2.75, 3.05) is 0 Å². The van der Waals surface area contributed by atoms with Crippen LogP contribution in [0.15, 0.2) is 12.1 Å². The highest BCUT2D eigenvalue weighted by Gasteiger charge is 2.50. The lowest BCUT2D eigenvalue weighted by atomic mass is 9.72. The van der Waals surface area contributed by atoms with Gasteiger partial charge in [0.25, 0.3) is 0 Å². The molecule has 5 nitrogen and oxygen atoms in total. The van der Waals surface area contributed by atoms with Gasteiger partial charge in [0.2, 0.25) is 0 Å². The SMILES string of the molecule is [2H]C([2H])=C1C[C@@H]2CC[C@H]1[C@H](C(=O)O)N2C(=O)OC(C)(C)C. The molecule has 106 valence electrons. The van der Waals surface area contributed by atoms with Crippen molar-refractivity contribution in [1.29, 1.82) is 0 Å². The van der Waals surface area contributed by atoms with Gasteiger partial charge in [0.1, 0.15) is 11.6 Å². The summed E-state index contributed by atoms with van der Waals surface area (Å²) in [4.78, 5) is 25.2. The zero-order valence-corrected chi connectivity index (χ0v) is 11.5. The summed E-state index contributed by atoms with van der Waals surface area (Å²) in [7, 11) is 0. The third kappa shape index (κ3) is 2.60. The number of piperidine rings is 2. The molecule has 0 aromatic rings. The topological polar surface area (TPSA) is 66.8 Å².